The zero-order valence-corrected chi connectivity index (χ0v) is 25.9. The Labute approximate surface area is 251 Å². The van der Waals surface area contributed by atoms with Gasteiger partial charge in [-0.3, -0.25) is 4.79 Å². The van der Waals surface area contributed by atoms with Gasteiger partial charge in [-0.05, 0) is 60.9 Å². The number of benzene rings is 2. The maximum atomic E-state index is 13.8. The van der Waals surface area contributed by atoms with E-state index in [4.69, 9.17) is 9.47 Å². The number of hydrogen-bond acceptors (Lipinski definition) is 7. The molecule has 5 atom stereocenters. The van der Waals surface area contributed by atoms with Gasteiger partial charge < -0.3 is 25.2 Å². The van der Waals surface area contributed by atoms with Crippen molar-refractivity contribution >= 4 is 15.9 Å². The van der Waals surface area contributed by atoms with Crippen LogP contribution in [0, 0.1) is 0 Å². The first-order valence-electron chi connectivity index (χ1n) is 15.2. The first kappa shape index (κ1) is 32.4. The Kier molecular flexibility index (Phi) is 11.8. The van der Waals surface area contributed by atoms with Crippen LogP contribution in [0.4, 0.5) is 0 Å². The standard InChI is InChI=1S/C32H47N3O6S/c1-4-5-11-18-42(38,39)35(2)28-14-9-10-17-41-30-20-24-15-16-25(40-3)21-26(24)31(30)33-22-29(36)27(34-32(28)37)19-23-12-7-6-8-13-23/h6-8,12-13,15-16,21,27-31,33,36H,4-5,9-11,14,17-20,22H2,1-3H3,(H,34,37)/t27-,28-,29+,30+,31+/m0/s1. The average Bonchev–Trinajstić information content (AvgIpc) is 3.33. The highest BCUT2D eigenvalue weighted by atomic mass is 32.2. The zero-order valence-electron chi connectivity index (χ0n) is 25.1. The molecule has 0 saturated carbocycles. The van der Waals surface area contributed by atoms with E-state index in [-0.39, 0.29) is 30.4 Å². The van der Waals surface area contributed by atoms with E-state index in [0.29, 0.717) is 38.7 Å². The molecule has 0 spiro atoms. The molecule has 232 valence electrons. The number of β-amino-alcohol motifs (C(OH)–C–C–N with tert-alkyl or cyclic N) is 1. The van der Waals surface area contributed by atoms with Crippen molar-refractivity contribution in [3.8, 4) is 5.75 Å². The maximum absolute atomic E-state index is 13.8. The highest BCUT2D eigenvalue weighted by Gasteiger charge is 2.37. The van der Waals surface area contributed by atoms with Crippen LogP contribution in [0.25, 0.3) is 0 Å². The minimum absolute atomic E-state index is 0.0125. The summed E-state index contributed by atoms with van der Waals surface area (Å²) in [4.78, 5) is 13.8. The number of rotatable bonds is 9. The first-order valence-corrected chi connectivity index (χ1v) is 16.8. The van der Waals surface area contributed by atoms with Gasteiger partial charge in [-0.2, -0.15) is 4.31 Å². The summed E-state index contributed by atoms with van der Waals surface area (Å²) in [5.74, 6) is 0.395. The van der Waals surface area contributed by atoms with E-state index in [0.717, 1.165) is 36.1 Å². The first-order chi connectivity index (χ1) is 20.2. The van der Waals surface area contributed by atoms with E-state index in [1.807, 2.05) is 49.4 Å². The Balaban J connectivity index is 1.58. The third kappa shape index (κ3) is 8.32. The van der Waals surface area contributed by atoms with E-state index < -0.39 is 28.2 Å². The second-order valence-corrected chi connectivity index (χ2v) is 13.6. The molecule has 3 N–H and O–H groups in total. The molecule has 2 aromatic carbocycles. The van der Waals surface area contributed by atoms with Gasteiger partial charge in [0.05, 0.1) is 37.2 Å². The SMILES string of the molecule is CCCCCS(=O)(=O)N(C)[C@H]1CCCCO[C@@H]2Cc3ccc(OC)cc3[C@H]2NC[C@@H](O)[C@H](Cc2ccccc2)NC1=O. The van der Waals surface area contributed by atoms with Crippen molar-refractivity contribution in [3.63, 3.8) is 0 Å². The summed E-state index contributed by atoms with van der Waals surface area (Å²) in [5.41, 5.74) is 3.25. The summed E-state index contributed by atoms with van der Waals surface area (Å²) < 4.78 is 39.5. The lowest BCUT2D eigenvalue weighted by molar-refractivity contribution is -0.126. The highest BCUT2D eigenvalue weighted by molar-refractivity contribution is 7.89. The quantitative estimate of drug-likeness (QED) is 0.378. The molecule has 4 rings (SSSR count). The van der Waals surface area contributed by atoms with Crippen LogP contribution in [-0.4, -0.2) is 81.1 Å². The predicted octanol–water partition coefficient (Wildman–Crippen LogP) is 3.36. The summed E-state index contributed by atoms with van der Waals surface area (Å²) in [6.07, 6.45) is 4.11. The van der Waals surface area contributed by atoms with Crippen LogP contribution < -0.4 is 15.4 Å². The van der Waals surface area contributed by atoms with Crippen molar-refractivity contribution in [1.29, 1.82) is 0 Å². The number of carbonyl (C=O) groups excluding carboxylic acids is 1. The summed E-state index contributed by atoms with van der Waals surface area (Å²) >= 11 is 0. The number of hydrogen-bond donors (Lipinski definition) is 3. The van der Waals surface area contributed by atoms with E-state index >= 15 is 0 Å². The second kappa shape index (κ2) is 15.3. The Bertz CT molecular complexity index is 1260. The van der Waals surface area contributed by atoms with Gasteiger partial charge >= 0.3 is 0 Å². The Morgan fingerprint density at radius 3 is 2.64 bits per heavy atom. The van der Waals surface area contributed by atoms with E-state index in [2.05, 4.69) is 16.7 Å². The number of methoxy groups -OCH3 is 1. The smallest absolute Gasteiger partial charge is 0.238 e. The molecule has 1 amide bonds. The molecule has 1 aliphatic heterocycles. The van der Waals surface area contributed by atoms with Crippen molar-refractivity contribution in [2.45, 2.75) is 88.6 Å². The van der Waals surface area contributed by atoms with Crippen molar-refractivity contribution in [2.75, 3.05) is 33.1 Å². The number of aliphatic hydroxyl groups is 1. The van der Waals surface area contributed by atoms with Crippen LogP contribution in [0.5, 0.6) is 5.75 Å². The molecule has 1 aliphatic carbocycles. The van der Waals surface area contributed by atoms with Gasteiger partial charge in [-0.25, -0.2) is 8.42 Å². The fourth-order valence-electron chi connectivity index (χ4n) is 5.95. The fourth-order valence-corrected chi connectivity index (χ4v) is 7.40. The number of fused-ring (bicyclic) bond motifs is 3. The van der Waals surface area contributed by atoms with Crippen molar-refractivity contribution < 1.29 is 27.8 Å². The van der Waals surface area contributed by atoms with E-state index in [1.165, 1.54) is 16.9 Å². The van der Waals surface area contributed by atoms with Gasteiger partial charge in [0, 0.05) is 26.6 Å². The highest BCUT2D eigenvalue weighted by Crippen LogP contribution is 2.36. The number of sulfonamides is 1. The lowest BCUT2D eigenvalue weighted by Crippen LogP contribution is -2.55. The molecule has 42 heavy (non-hydrogen) atoms. The van der Waals surface area contributed by atoms with Gasteiger partial charge in [-0.1, -0.05) is 56.2 Å². The number of likely N-dealkylation sites (N-methyl/N-ethyl adjacent to an activating group) is 1. The molecule has 1 saturated heterocycles. The number of nitrogens with one attached hydrogen (secondary N) is 2. The zero-order chi connectivity index (χ0) is 30.1. The number of nitrogens with zero attached hydrogens (tertiary/aromatic N) is 1. The van der Waals surface area contributed by atoms with Crippen molar-refractivity contribution in [3.05, 3.63) is 65.2 Å². The molecule has 2 aliphatic rings. The summed E-state index contributed by atoms with van der Waals surface area (Å²) in [6.45, 7) is 2.74. The Morgan fingerprint density at radius 1 is 1.12 bits per heavy atom. The molecule has 1 heterocycles. The molecule has 0 aromatic heterocycles. The molecule has 2 aromatic rings. The number of amides is 1. The number of carbonyl (C=O) groups is 1. The molecule has 9 nitrogen and oxygen atoms in total. The van der Waals surface area contributed by atoms with Crippen molar-refractivity contribution in [1.82, 2.24) is 14.9 Å². The third-order valence-corrected chi connectivity index (χ3v) is 10.4. The topological polar surface area (TPSA) is 117 Å². The van der Waals surface area contributed by atoms with E-state index in [1.54, 1.807) is 7.11 Å². The number of ether oxygens (including phenoxy) is 2. The molecule has 1 fully saturated rings. The van der Waals surface area contributed by atoms with Crippen LogP contribution >= 0.6 is 0 Å². The van der Waals surface area contributed by atoms with Crippen LogP contribution in [0.3, 0.4) is 0 Å². The van der Waals surface area contributed by atoms with Gasteiger partial charge in [0.25, 0.3) is 0 Å². The molecule has 0 bridgehead atoms. The Morgan fingerprint density at radius 2 is 1.90 bits per heavy atom. The lowest BCUT2D eigenvalue weighted by atomic mass is 9.99. The molecule has 0 radical (unpaired) electrons. The van der Waals surface area contributed by atoms with Crippen molar-refractivity contribution in [2.24, 2.45) is 0 Å². The van der Waals surface area contributed by atoms with Crippen LogP contribution in [-0.2, 0) is 32.4 Å². The van der Waals surface area contributed by atoms with Gasteiger partial charge in [0.1, 0.15) is 11.8 Å². The minimum Gasteiger partial charge on any atom is -0.497 e. The number of aliphatic hydroxyl groups excluding tert-OH is 1. The largest absolute Gasteiger partial charge is 0.497 e. The fraction of sp³-hybridized carbons (Fsp3) is 0.594. The monoisotopic (exact) mass is 601 g/mol. The van der Waals surface area contributed by atoms with Crippen LogP contribution in [0.2, 0.25) is 0 Å². The molecular weight excluding hydrogens is 554 g/mol. The molecule has 10 heteroatoms. The lowest BCUT2D eigenvalue weighted by Gasteiger charge is -2.32. The second-order valence-electron chi connectivity index (χ2n) is 11.5. The molecule has 0 unspecified atom stereocenters. The van der Waals surface area contributed by atoms with Crippen LogP contribution in [0.15, 0.2) is 48.5 Å². The number of unbranched alkanes of at least 4 members (excludes halogenated alkanes) is 2. The summed E-state index contributed by atoms with van der Waals surface area (Å²) in [7, 11) is -0.475. The van der Waals surface area contributed by atoms with Gasteiger partial charge in [0.2, 0.25) is 15.9 Å². The average molecular weight is 602 g/mol. The van der Waals surface area contributed by atoms with Gasteiger partial charge in [-0.15, -0.1) is 0 Å². The predicted molar refractivity (Wildman–Crippen MR) is 164 cm³/mol. The minimum atomic E-state index is -3.63. The van der Waals surface area contributed by atoms with Gasteiger partial charge in [0.15, 0.2) is 0 Å². The van der Waals surface area contributed by atoms with E-state index in [9.17, 15) is 18.3 Å². The maximum Gasteiger partial charge on any atom is 0.238 e. The summed E-state index contributed by atoms with van der Waals surface area (Å²) in [5, 5.41) is 18.1. The Hall–Kier alpha value is -2.50. The normalized spacial score (nSPS) is 25.7. The van der Waals surface area contributed by atoms with Crippen LogP contribution in [0.1, 0.15) is 68.2 Å². The molecular formula is C32H47N3O6S. The summed E-state index contributed by atoms with van der Waals surface area (Å²) in [6, 6.07) is 14.1. The third-order valence-electron chi connectivity index (χ3n) is 8.51.